The summed E-state index contributed by atoms with van der Waals surface area (Å²) in [5, 5.41) is 4.43. The number of fused-ring (bicyclic) bond motifs is 1. The van der Waals surface area contributed by atoms with E-state index >= 15 is 0 Å². The molecule has 2 N–H and O–H groups in total. The summed E-state index contributed by atoms with van der Waals surface area (Å²) in [6.07, 6.45) is 7.15. The first-order chi connectivity index (χ1) is 10.7. The number of aromatic nitrogens is 5. The molecule has 7 nitrogen and oxygen atoms in total. The molecule has 1 unspecified atom stereocenters. The molecule has 1 saturated carbocycles. The van der Waals surface area contributed by atoms with E-state index < -0.39 is 11.2 Å². The second-order valence-electron chi connectivity index (χ2n) is 5.68. The molecule has 4 rings (SSSR count). The Morgan fingerprint density at radius 3 is 3.00 bits per heavy atom. The van der Waals surface area contributed by atoms with Gasteiger partial charge < -0.3 is 4.98 Å². The van der Waals surface area contributed by atoms with Gasteiger partial charge >= 0.3 is 5.69 Å². The van der Waals surface area contributed by atoms with Gasteiger partial charge in [0.25, 0.3) is 5.56 Å². The van der Waals surface area contributed by atoms with E-state index in [0.29, 0.717) is 23.1 Å². The van der Waals surface area contributed by atoms with Crippen LogP contribution in [0.25, 0.3) is 16.9 Å². The first-order valence-electron chi connectivity index (χ1n) is 7.34. The molecule has 1 aliphatic carbocycles. The summed E-state index contributed by atoms with van der Waals surface area (Å²) in [4.78, 5) is 32.3. The average molecular weight is 297 g/mol. The topological polar surface area (TPSA) is 95.9 Å². The lowest BCUT2D eigenvalue weighted by Gasteiger charge is -2.06. The van der Waals surface area contributed by atoms with Gasteiger partial charge in [-0.3, -0.25) is 9.78 Å². The molecular formula is C15H15N5O2. The number of imidazole rings is 1. The van der Waals surface area contributed by atoms with E-state index in [1.165, 1.54) is 6.20 Å². The van der Waals surface area contributed by atoms with E-state index in [9.17, 15) is 9.59 Å². The smallest absolute Gasteiger partial charge is 0.313 e. The molecule has 7 heteroatoms. The molecule has 3 aromatic heterocycles. The fraction of sp³-hybridized carbons (Fsp3) is 0.333. The third-order valence-corrected chi connectivity index (χ3v) is 4.33. The summed E-state index contributed by atoms with van der Waals surface area (Å²) in [7, 11) is 0. The van der Waals surface area contributed by atoms with Crippen molar-refractivity contribution < 1.29 is 0 Å². The largest absolute Gasteiger partial charge is 0.325 e. The van der Waals surface area contributed by atoms with Crippen molar-refractivity contribution >= 4 is 5.65 Å². The monoisotopic (exact) mass is 297 g/mol. The van der Waals surface area contributed by atoms with Crippen molar-refractivity contribution in [1.82, 2.24) is 24.6 Å². The lowest BCUT2D eigenvalue weighted by Crippen LogP contribution is -2.23. The Balaban J connectivity index is 1.92. The molecule has 0 bridgehead atoms. The third kappa shape index (κ3) is 1.97. The summed E-state index contributed by atoms with van der Waals surface area (Å²) >= 11 is 0. The lowest BCUT2D eigenvalue weighted by atomic mass is 10.1. The third-order valence-electron chi connectivity index (χ3n) is 4.33. The van der Waals surface area contributed by atoms with Crippen LogP contribution in [0.3, 0.4) is 0 Å². The van der Waals surface area contributed by atoms with Crippen LogP contribution in [0.1, 0.15) is 31.2 Å². The molecule has 1 aliphatic rings. The van der Waals surface area contributed by atoms with Gasteiger partial charge in [0.05, 0.1) is 11.3 Å². The fourth-order valence-electron chi connectivity index (χ4n) is 3.03. The lowest BCUT2D eigenvalue weighted by molar-refractivity contribution is 0.763. The standard InChI is InChI=1S/C15H15N5O2/c1-2-8-5-9(8)10-6-12(19-20-4-3-16-13(10)20)11-7-17-15(22)18-14(11)21/h3-4,6-9H,2,5H2,1H3,(H2,17,18,21,22)/t8-,9?/m0/s1. The molecular weight excluding hydrogens is 282 g/mol. The van der Waals surface area contributed by atoms with Crippen molar-refractivity contribution in [3.05, 3.63) is 51.1 Å². The molecule has 0 radical (unpaired) electrons. The molecule has 3 aromatic rings. The van der Waals surface area contributed by atoms with Gasteiger partial charge in [-0.05, 0) is 24.3 Å². The van der Waals surface area contributed by atoms with Gasteiger partial charge in [0.15, 0.2) is 5.65 Å². The molecule has 0 saturated heterocycles. The summed E-state index contributed by atoms with van der Waals surface area (Å²) in [6.45, 7) is 2.18. The maximum absolute atomic E-state index is 12.0. The van der Waals surface area contributed by atoms with Crippen LogP contribution in [-0.4, -0.2) is 24.6 Å². The van der Waals surface area contributed by atoms with E-state index in [0.717, 1.165) is 24.1 Å². The van der Waals surface area contributed by atoms with Gasteiger partial charge in [-0.1, -0.05) is 13.3 Å². The molecule has 1 fully saturated rings. The first kappa shape index (κ1) is 13.0. The molecule has 0 aromatic carbocycles. The van der Waals surface area contributed by atoms with E-state index in [4.69, 9.17) is 0 Å². The zero-order chi connectivity index (χ0) is 15.3. The minimum absolute atomic E-state index is 0.352. The zero-order valence-electron chi connectivity index (χ0n) is 12.0. The molecule has 112 valence electrons. The van der Waals surface area contributed by atoms with Gasteiger partial charge in [-0.2, -0.15) is 5.10 Å². The van der Waals surface area contributed by atoms with Crippen LogP contribution in [0.2, 0.25) is 0 Å². The van der Waals surface area contributed by atoms with Crippen molar-refractivity contribution in [2.24, 2.45) is 5.92 Å². The second kappa shape index (κ2) is 4.66. The predicted molar refractivity (Wildman–Crippen MR) is 80.8 cm³/mol. The fourth-order valence-corrected chi connectivity index (χ4v) is 3.03. The Kier molecular flexibility index (Phi) is 2.75. The molecule has 0 aliphatic heterocycles. The molecule has 2 atom stereocenters. The highest BCUT2D eigenvalue weighted by molar-refractivity contribution is 5.62. The normalized spacial score (nSPS) is 20.4. The Bertz CT molecular complexity index is 968. The van der Waals surface area contributed by atoms with Crippen LogP contribution in [-0.2, 0) is 0 Å². The van der Waals surface area contributed by atoms with Crippen molar-refractivity contribution in [3.8, 4) is 11.3 Å². The Morgan fingerprint density at radius 2 is 2.27 bits per heavy atom. The van der Waals surface area contributed by atoms with Crippen LogP contribution in [0.4, 0.5) is 0 Å². The van der Waals surface area contributed by atoms with Crippen LogP contribution in [0, 0.1) is 5.92 Å². The van der Waals surface area contributed by atoms with Crippen LogP contribution in [0.5, 0.6) is 0 Å². The van der Waals surface area contributed by atoms with Crippen molar-refractivity contribution in [2.75, 3.05) is 0 Å². The highest BCUT2D eigenvalue weighted by atomic mass is 16.2. The molecule has 22 heavy (non-hydrogen) atoms. The van der Waals surface area contributed by atoms with Gasteiger partial charge in [0, 0.05) is 24.2 Å². The van der Waals surface area contributed by atoms with Gasteiger partial charge in [-0.15, -0.1) is 0 Å². The van der Waals surface area contributed by atoms with Gasteiger partial charge in [0.2, 0.25) is 0 Å². The summed E-state index contributed by atoms with van der Waals surface area (Å²) in [5.74, 6) is 1.14. The maximum atomic E-state index is 12.0. The van der Waals surface area contributed by atoms with E-state index in [2.05, 4.69) is 27.0 Å². The van der Waals surface area contributed by atoms with E-state index in [-0.39, 0.29) is 0 Å². The van der Waals surface area contributed by atoms with Gasteiger partial charge in [-0.25, -0.2) is 14.3 Å². The number of hydrogen-bond acceptors (Lipinski definition) is 4. The Labute approximate surface area is 125 Å². The van der Waals surface area contributed by atoms with Crippen molar-refractivity contribution in [1.29, 1.82) is 0 Å². The molecule has 0 amide bonds. The maximum Gasteiger partial charge on any atom is 0.325 e. The minimum atomic E-state index is -0.522. The quantitative estimate of drug-likeness (QED) is 0.761. The van der Waals surface area contributed by atoms with Crippen LogP contribution < -0.4 is 11.2 Å². The number of H-pyrrole nitrogens is 2. The molecule has 3 heterocycles. The van der Waals surface area contributed by atoms with Crippen LogP contribution in [0.15, 0.2) is 34.2 Å². The summed E-state index contributed by atoms with van der Waals surface area (Å²) < 4.78 is 1.69. The van der Waals surface area contributed by atoms with E-state index in [1.54, 1.807) is 16.9 Å². The highest BCUT2D eigenvalue weighted by Crippen LogP contribution is 2.50. The number of hydrogen-bond donors (Lipinski definition) is 2. The van der Waals surface area contributed by atoms with Gasteiger partial charge in [0.1, 0.15) is 0 Å². The SMILES string of the molecule is CC[C@H]1CC1c1cc(-c2c[nH]c(=O)[nH]c2=O)nn2ccnc12. The second-order valence-corrected chi connectivity index (χ2v) is 5.68. The van der Waals surface area contributed by atoms with E-state index in [1.807, 2.05) is 6.07 Å². The van der Waals surface area contributed by atoms with Crippen molar-refractivity contribution in [2.45, 2.75) is 25.7 Å². The Morgan fingerprint density at radius 1 is 1.41 bits per heavy atom. The van der Waals surface area contributed by atoms with Crippen molar-refractivity contribution in [3.63, 3.8) is 0 Å². The summed E-state index contributed by atoms with van der Waals surface area (Å²) in [5.41, 5.74) is 1.89. The van der Waals surface area contributed by atoms with Crippen LogP contribution >= 0.6 is 0 Å². The summed E-state index contributed by atoms with van der Waals surface area (Å²) in [6, 6.07) is 1.92. The Hall–Kier alpha value is -2.70. The predicted octanol–water partition coefficient (Wildman–Crippen LogP) is 1.29. The average Bonchev–Trinajstić information content (AvgIpc) is 3.14. The minimum Gasteiger partial charge on any atom is -0.313 e. The first-order valence-corrected chi connectivity index (χ1v) is 7.34. The number of rotatable bonds is 3. The highest BCUT2D eigenvalue weighted by Gasteiger charge is 2.38. The number of aromatic amines is 2. The number of nitrogens with zero attached hydrogens (tertiary/aromatic N) is 3. The number of nitrogens with one attached hydrogen (secondary N) is 2. The molecule has 0 spiro atoms. The zero-order valence-corrected chi connectivity index (χ0v) is 12.0.